The number of aromatic amines is 1. The zero-order chi connectivity index (χ0) is 15.7. The lowest BCUT2D eigenvalue weighted by Crippen LogP contribution is -2.34. The van der Waals surface area contributed by atoms with Crippen LogP contribution in [0.4, 0.5) is 13.2 Å². The fraction of sp³-hybridized carbons (Fsp3) is 0.571. The Hall–Kier alpha value is -1.83. The van der Waals surface area contributed by atoms with Gasteiger partial charge in [0.1, 0.15) is 5.82 Å². The van der Waals surface area contributed by atoms with Gasteiger partial charge in [-0.25, -0.2) is 9.97 Å². The van der Waals surface area contributed by atoms with Crippen LogP contribution in [0.2, 0.25) is 0 Å². The van der Waals surface area contributed by atoms with Gasteiger partial charge in [-0.1, -0.05) is 0 Å². The van der Waals surface area contributed by atoms with E-state index in [1.807, 2.05) is 0 Å². The van der Waals surface area contributed by atoms with Gasteiger partial charge < -0.3 is 9.55 Å². The lowest BCUT2D eigenvalue weighted by molar-refractivity contribution is -0.141. The second kappa shape index (κ2) is 5.75. The van der Waals surface area contributed by atoms with E-state index in [1.165, 1.54) is 4.57 Å². The quantitative estimate of drug-likeness (QED) is 0.947. The Kier molecular flexibility index (Phi) is 3.94. The molecule has 22 heavy (non-hydrogen) atoms. The monoisotopic (exact) mass is 313 g/mol. The number of imidazole rings is 2. The Morgan fingerprint density at radius 1 is 1.41 bits per heavy atom. The summed E-state index contributed by atoms with van der Waals surface area (Å²) in [5.41, 5.74) is 0.201. The predicted octanol–water partition coefficient (Wildman–Crippen LogP) is 2.54. The van der Waals surface area contributed by atoms with E-state index in [4.69, 9.17) is 0 Å². The van der Waals surface area contributed by atoms with Gasteiger partial charge in [0.15, 0.2) is 5.69 Å². The highest BCUT2D eigenvalue weighted by Crippen LogP contribution is 2.32. The number of alkyl halides is 3. The minimum absolute atomic E-state index is 0.0257. The molecule has 1 N–H and O–H groups in total. The number of likely N-dealkylation sites (tertiary alicyclic amines) is 1. The van der Waals surface area contributed by atoms with E-state index in [9.17, 15) is 13.2 Å². The fourth-order valence-electron chi connectivity index (χ4n) is 3.02. The maximum absolute atomic E-state index is 12.8. The van der Waals surface area contributed by atoms with Crippen molar-refractivity contribution >= 4 is 0 Å². The summed E-state index contributed by atoms with van der Waals surface area (Å²) in [6.45, 7) is 2.38. The third-order valence-corrected chi connectivity index (χ3v) is 4.02. The first kappa shape index (κ1) is 15.1. The SMILES string of the molecule is Cn1cc(C(F)(F)F)nc1C1CCCN(Cc2cnc[nH]2)C1. The lowest BCUT2D eigenvalue weighted by Gasteiger charge is -2.31. The minimum Gasteiger partial charge on any atom is -0.347 e. The molecule has 1 saturated heterocycles. The summed E-state index contributed by atoms with van der Waals surface area (Å²) < 4.78 is 39.8. The van der Waals surface area contributed by atoms with Gasteiger partial charge in [0.05, 0.1) is 6.33 Å². The van der Waals surface area contributed by atoms with Gasteiger partial charge >= 0.3 is 6.18 Å². The van der Waals surface area contributed by atoms with Gasteiger partial charge in [0, 0.05) is 44.1 Å². The van der Waals surface area contributed by atoms with E-state index in [0.29, 0.717) is 12.4 Å². The molecule has 1 aliphatic heterocycles. The summed E-state index contributed by atoms with van der Waals surface area (Å²) in [5.74, 6) is 0.541. The highest BCUT2D eigenvalue weighted by atomic mass is 19.4. The van der Waals surface area contributed by atoms with E-state index in [-0.39, 0.29) is 5.92 Å². The average molecular weight is 313 g/mol. The normalized spacial score (nSPS) is 20.5. The second-order valence-electron chi connectivity index (χ2n) is 5.74. The summed E-state index contributed by atoms with van der Waals surface area (Å²) in [7, 11) is 1.63. The van der Waals surface area contributed by atoms with Gasteiger partial charge in [-0.3, -0.25) is 4.90 Å². The molecule has 1 aliphatic rings. The second-order valence-corrected chi connectivity index (χ2v) is 5.74. The van der Waals surface area contributed by atoms with Gasteiger partial charge in [0.2, 0.25) is 0 Å². The molecule has 0 amide bonds. The molecule has 0 saturated carbocycles. The van der Waals surface area contributed by atoms with Crippen LogP contribution in [0.25, 0.3) is 0 Å². The first-order valence-corrected chi connectivity index (χ1v) is 7.23. The van der Waals surface area contributed by atoms with Crippen molar-refractivity contribution in [2.24, 2.45) is 7.05 Å². The number of H-pyrrole nitrogens is 1. The predicted molar refractivity (Wildman–Crippen MR) is 74.0 cm³/mol. The van der Waals surface area contributed by atoms with E-state index >= 15 is 0 Å². The van der Waals surface area contributed by atoms with Crippen LogP contribution in [0.1, 0.15) is 36.0 Å². The molecule has 0 bridgehead atoms. The minimum atomic E-state index is -4.39. The third kappa shape index (κ3) is 3.16. The number of hydrogen-bond acceptors (Lipinski definition) is 3. The number of nitrogens with one attached hydrogen (secondary N) is 1. The molecular weight excluding hydrogens is 295 g/mol. The standard InChI is InChI=1S/C14H18F3N5/c1-21-8-12(14(15,16)17)20-13(21)10-3-2-4-22(6-10)7-11-5-18-9-19-11/h5,8-10H,2-4,6-7H2,1H3,(H,18,19). The Morgan fingerprint density at radius 2 is 2.23 bits per heavy atom. The molecule has 5 nitrogen and oxygen atoms in total. The van der Waals surface area contributed by atoms with Gasteiger partial charge in [0.25, 0.3) is 0 Å². The maximum Gasteiger partial charge on any atom is 0.434 e. The van der Waals surface area contributed by atoms with E-state index in [2.05, 4.69) is 19.9 Å². The van der Waals surface area contributed by atoms with Crippen LogP contribution in [-0.2, 0) is 19.8 Å². The first-order chi connectivity index (χ1) is 10.4. The van der Waals surface area contributed by atoms with E-state index < -0.39 is 11.9 Å². The summed E-state index contributed by atoms with van der Waals surface area (Å²) >= 11 is 0. The number of aryl methyl sites for hydroxylation is 1. The fourth-order valence-corrected chi connectivity index (χ4v) is 3.02. The number of nitrogens with zero attached hydrogens (tertiary/aromatic N) is 4. The highest BCUT2D eigenvalue weighted by molar-refractivity contribution is 5.12. The molecule has 8 heteroatoms. The van der Waals surface area contributed by atoms with Gasteiger partial charge in [-0.05, 0) is 19.4 Å². The molecule has 120 valence electrons. The van der Waals surface area contributed by atoms with Crippen molar-refractivity contribution in [3.8, 4) is 0 Å². The number of aromatic nitrogens is 4. The zero-order valence-corrected chi connectivity index (χ0v) is 12.3. The topological polar surface area (TPSA) is 49.7 Å². The molecule has 1 unspecified atom stereocenters. The van der Waals surface area contributed by atoms with Crippen LogP contribution < -0.4 is 0 Å². The van der Waals surface area contributed by atoms with Crippen molar-refractivity contribution in [2.75, 3.05) is 13.1 Å². The summed E-state index contributed by atoms with van der Waals surface area (Å²) in [5, 5.41) is 0. The lowest BCUT2D eigenvalue weighted by atomic mass is 9.97. The number of hydrogen-bond donors (Lipinski definition) is 1. The molecular formula is C14H18F3N5. The van der Waals surface area contributed by atoms with Gasteiger partial charge in [-0.2, -0.15) is 13.2 Å². The van der Waals surface area contributed by atoms with Gasteiger partial charge in [-0.15, -0.1) is 0 Å². The molecule has 3 heterocycles. The number of piperidine rings is 1. The summed E-state index contributed by atoms with van der Waals surface area (Å²) in [4.78, 5) is 13.1. The highest BCUT2D eigenvalue weighted by Gasteiger charge is 2.36. The third-order valence-electron chi connectivity index (χ3n) is 4.02. The molecule has 0 aliphatic carbocycles. The Balaban J connectivity index is 1.73. The molecule has 0 spiro atoms. The molecule has 2 aromatic rings. The maximum atomic E-state index is 12.8. The van der Waals surface area contributed by atoms with Crippen LogP contribution in [0.3, 0.4) is 0 Å². The van der Waals surface area contributed by atoms with Crippen LogP contribution in [0.15, 0.2) is 18.7 Å². The number of halogens is 3. The molecule has 3 rings (SSSR count). The first-order valence-electron chi connectivity index (χ1n) is 7.23. The Morgan fingerprint density at radius 3 is 2.86 bits per heavy atom. The van der Waals surface area contributed by atoms with E-state index in [0.717, 1.165) is 37.8 Å². The zero-order valence-electron chi connectivity index (χ0n) is 12.3. The molecule has 1 fully saturated rings. The van der Waals surface area contributed by atoms with Crippen LogP contribution in [-0.4, -0.2) is 37.5 Å². The average Bonchev–Trinajstić information content (AvgIpc) is 3.08. The van der Waals surface area contributed by atoms with Crippen molar-refractivity contribution in [3.05, 3.63) is 35.9 Å². The van der Waals surface area contributed by atoms with Crippen molar-refractivity contribution in [2.45, 2.75) is 31.5 Å². The molecule has 2 aromatic heterocycles. The molecule has 1 atom stereocenters. The van der Waals surface area contributed by atoms with Crippen molar-refractivity contribution in [3.63, 3.8) is 0 Å². The van der Waals surface area contributed by atoms with Crippen LogP contribution in [0.5, 0.6) is 0 Å². The Bertz CT molecular complexity index is 617. The largest absolute Gasteiger partial charge is 0.434 e. The van der Waals surface area contributed by atoms with E-state index in [1.54, 1.807) is 19.6 Å². The molecule has 0 aromatic carbocycles. The Labute approximate surface area is 126 Å². The summed E-state index contributed by atoms with van der Waals surface area (Å²) in [6.07, 6.45) is 1.90. The summed E-state index contributed by atoms with van der Waals surface area (Å²) in [6, 6.07) is 0. The van der Waals surface area contributed by atoms with Crippen molar-refractivity contribution in [1.29, 1.82) is 0 Å². The number of rotatable bonds is 3. The van der Waals surface area contributed by atoms with Crippen LogP contribution in [0, 0.1) is 0 Å². The van der Waals surface area contributed by atoms with Crippen molar-refractivity contribution in [1.82, 2.24) is 24.4 Å². The molecule has 0 radical (unpaired) electrons. The van der Waals surface area contributed by atoms with Crippen molar-refractivity contribution < 1.29 is 13.2 Å². The van der Waals surface area contributed by atoms with Crippen LogP contribution >= 0.6 is 0 Å². The smallest absolute Gasteiger partial charge is 0.347 e.